The van der Waals surface area contributed by atoms with Gasteiger partial charge in [-0.05, 0) is 37.2 Å². The topological polar surface area (TPSA) is 27.3 Å². The number of benzene rings is 1. The van der Waals surface area contributed by atoms with E-state index in [1.165, 1.54) is 0 Å². The van der Waals surface area contributed by atoms with Crippen molar-refractivity contribution in [2.45, 2.75) is 38.8 Å². The van der Waals surface area contributed by atoms with Gasteiger partial charge in [-0.15, -0.1) is 0 Å². The smallest absolute Gasteiger partial charge is 0.189 e. The number of anilines is 1. The molecule has 0 aliphatic carbocycles. The molecule has 92 valence electrons. The fourth-order valence-electron chi connectivity index (χ4n) is 2.20. The maximum atomic E-state index is 5.40. The molecule has 0 radical (unpaired) electrons. The fraction of sp³-hybridized carbons (Fsp3) is 0.462. The second-order valence-electron chi connectivity index (χ2n) is 4.40. The van der Waals surface area contributed by atoms with Gasteiger partial charge in [-0.25, -0.2) is 5.43 Å². The molecule has 1 saturated heterocycles. The highest BCUT2D eigenvalue weighted by Crippen LogP contribution is 2.24. The number of para-hydroxylation sites is 1. The maximum absolute atomic E-state index is 5.40. The van der Waals surface area contributed by atoms with Crippen molar-refractivity contribution in [3.8, 4) is 0 Å². The van der Waals surface area contributed by atoms with Gasteiger partial charge in [0.25, 0.3) is 0 Å². The Kier molecular flexibility index (Phi) is 3.64. The van der Waals surface area contributed by atoms with Gasteiger partial charge in [0.1, 0.15) is 5.66 Å². The molecule has 1 heterocycles. The van der Waals surface area contributed by atoms with Crippen molar-refractivity contribution >= 4 is 23.0 Å². The molecule has 0 bridgehead atoms. The molecule has 0 amide bonds. The van der Waals surface area contributed by atoms with Crippen LogP contribution in [-0.2, 0) is 0 Å². The van der Waals surface area contributed by atoms with Crippen LogP contribution in [-0.4, -0.2) is 10.8 Å². The molecule has 0 aromatic heterocycles. The molecule has 1 aromatic rings. The van der Waals surface area contributed by atoms with Crippen molar-refractivity contribution < 1.29 is 0 Å². The van der Waals surface area contributed by atoms with Crippen molar-refractivity contribution in [1.82, 2.24) is 10.7 Å². The summed E-state index contributed by atoms with van der Waals surface area (Å²) in [5, 5.41) is 6.14. The summed E-state index contributed by atoms with van der Waals surface area (Å²) in [6, 6.07) is 10.2. The van der Waals surface area contributed by atoms with Gasteiger partial charge in [0.05, 0.1) is 5.69 Å². The lowest BCUT2D eigenvalue weighted by Crippen LogP contribution is -2.50. The van der Waals surface area contributed by atoms with E-state index in [1.807, 2.05) is 23.2 Å². The Bertz CT molecular complexity index is 393. The van der Waals surface area contributed by atoms with E-state index in [2.05, 4.69) is 36.7 Å². The lowest BCUT2D eigenvalue weighted by molar-refractivity contribution is 0.300. The molecule has 4 heteroatoms. The zero-order chi connectivity index (χ0) is 12.3. The van der Waals surface area contributed by atoms with Crippen molar-refractivity contribution in [2.75, 3.05) is 5.01 Å². The highest BCUT2D eigenvalue weighted by Gasteiger charge is 2.38. The summed E-state index contributed by atoms with van der Waals surface area (Å²) in [5.74, 6) is 0. The number of nitrogens with zero attached hydrogens (tertiary/aromatic N) is 1. The zero-order valence-corrected chi connectivity index (χ0v) is 11.2. The summed E-state index contributed by atoms with van der Waals surface area (Å²) < 4.78 is 0. The van der Waals surface area contributed by atoms with Gasteiger partial charge in [0.2, 0.25) is 0 Å². The standard InChI is InChI=1S/C13H19N3S/c1-3-10-13(4-2)14-12(17)16(15-13)11-8-6-5-7-9-11/h5-9,15H,3-4,10H2,1-2H3,(H,14,17)/t13-/m0/s1. The minimum Gasteiger partial charge on any atom is -0.342 e. The molecule has 3 nitrogen and oxygen atoms in total. The Balaban J connectivity index is 2.20. The van der Waals surface area contributed by atoms with E-state index in [4.69, 9.17) is 12.2 Å². The SMILES string of the molecule is CCC[C@@]1(CC)NC(=S)N(c2ccccc2)N1. The van der Waals surface area contributed by atoms with Crippen molar-refractivity contribution in [2.24, 2.45) is 0 Å². The van der Waals surface area contributed by atoms with Crippen LogP contribution in [0.15, 0.2) is 30.3 Å². The first-order valence-electron chi connectivity index (χ1n) is 6.16. The van der Waals surface area contributed by atoms with Gasteiger partial charge in [0.15, 0.2) is 5.11 Å². The molecule has 0 spiro atoms. The van der Waals surface area contributed by atoms with Gasteiger partial charge >= 0.3 is 0 Å². The van der Waals surface area contributed by atoms with Crippen LogP contribution < -0.4 is 15.8 Å². The van der Waals surface area contributed by atoms with Crippen LogP contribution in [0.3, 0.4) is 0 Å². The molecule has 2 rings (SSSR count). The molecule has 0 unspecified atom stereocenters. The highest BCUT2D eigenvalue weighted by atomic mass is 32.1. The average molecular weight is 249 g/mol. The second-order valence-corrected chi connectivity index (χ2v) is 4.79. The van der Waals surface area contributed by atoms with Gasteiger partial charge in [-0.3, -0.25) is 5.01 Å². The Hall–Kier alpha value is -1.13. The second kappa shape index (κ2) is 5.02. The predicted octanol–water partition coefficient (Wildman–Crippen LogP) is 2.79. The quantitative estimate of drug-likeness (QED) is 0.802. The molecular weight excluding hydrogens is 230 g/mol. The van der Waals surface area contributed by atoms with Crippen molar-refractivity contribution in [3.05, 3.63) is 30.3 Å². The first-order chi connectivity index (χ1) is 8.21. The van der Waals surface area contributed by atoms with Crippen molar-refractivity contribution in [1.29, 1.82) is 0 Å². The summed E-state index contributed by atoms with van der Waals surface area (Å²) in [7, 11) is 0. The van der Waals surface area contributed by atoms with Crippen LogP contribution in [0.25, 0.3) is 0 Å². The normalized spacial score (nSPS) is 23.9. The Labute approximate surface area is 108 Å². The van der Waals surface area contributed by atoms with E-state index in [0.29, 0.717) is 0 Å². The van der Waals surface area contributed by atoms with E-state index in [9.17, 15) is 0 Å². The van der Waals surface area contributed by atoms with E-state index in [0.717, 1.165) is 30.1 Å². The summed E-state index contributed by atoms with van der Waals surface area (Å²) in [6.45, 7) is 4.36. The highest BCUT2D eigenvalue weighted by molar-refractivity contribution is 7.80. The fourth-order valence-corrected chi connectivity index (χ4v) is 2.55. The number of hydrazine groups is 1. The Morgan fingerprint density at radius 2 is 1.94 bits per heavy atom. The number of nitrogens with one attached hydrogen (secondary N) is 2. The van der Waals surface area contributed by atoms with Gasteiger partial charge in [0, 0.05) is 0 Å². The number of thiocarbonyl (C=S) groups is 1. The summed E-state index contributed by atoms with van der Waals surface area (Å²) >= 11 is 5.40. The molecular formula is C13H19N3S. The lowest BCUT2D eigenvalue weighted by atomic mass is 10.0. The molecule has 1 aliphatic heterocycles. The summed E-state index contributed by atoms with van der Waals surface area (Å²) in [4.78, 5) is 0. The minimum atomic E-state index is -0.0817. The zero-order valence-electron chi connectivity index (χ0n) is 10.4. The molecule has 1 aromatic carbocycles. The average Bonchev–Trinajstić information content (AvgIpc) is 2.69. The molecule has 0 saturated carbocycles. The van der Waals surface area contributed by atoms with Crippen LogP contribution >= 0.6 is 12.2 Å². The molecule has 1 fully saturated rings. The van der Waals surface area contributed by atoms with Crippen LogP contribution in [0.5, 0.6) is 0 Å². The molecule has 1 aliphatic rings. The van der Waals surface area contributed by atoms with Crippen LogP contribution in [0.4, 0.5) is 5.69 Å². The first kappa shape index (κ1) is 12.3. The van der Waals surface area contributed by atoms with E-state index in [-0.39, 0.29) is 5.66 Å². The van der Waals surface area contributed by atoms with E-state index < -0.39 is 0 Å². The van der Waals surface area contributed by atoms with Crippen LogP contribution in [0, 0.1) is 0 Å². The van der Waals surface area contributed by atoms with Crippen LogP contribution in [0.1, 0.15) is 33.1 Å². The van der Waals surface area contributed by atoms with E-state index in [1.54, 1.807) is 0 Å². The maximum Gasteiger partial charge on any atom is 0.189 e. The third kappa shape index (κ3) is 2.42. The third-order valence-corrected chi connectivity index (χ3v) is 3.45. The monoisotopic (exact) mass is 249 g/mol. The van der Waals surface area contributed by atoms with Gasteiger partial charge in [-0.2, -0.15) is 0 Å². The number of hydrogen-bond donors (Lipinski definition) is 2. The largest absolute Gasteiger partial charge is 0.342 e. The van der Waals surface area contributed by atoms with Gasteiger partial charge < -0.3 is 5.32 Å². The van der Waals surface area contributed by atoms with Crippen molar-refractivity contribution in [3.63, 3.8) is 0 Å². The molecule has 1 atom stereocenters. The first-order valence-corrected chi connectivity index (χ1v) is 6.57. The third-order valence-electron chi connectivity index (χ3n) is 3.17. The number of rotatable bonds is 4. The number of hydrogen-bond acceptors (Lipinski definition) is 2. The summed E-state index contributed by atoms with van der Waals surface area (Å²) in [5.41, 5.74) is 4.50. The van der Waals surface area contributed by atoms with E-state index >= 15 is 0 Å². The molecule has 2 N–H and O–H groups in total. The predicted molar refractivity (Wildman–Crippen MR) is 75.7 cm³/mol. The van der Waals surface area contributed by atoms with Crippen LogP contribution in [0.2, 0.25) is 0 Å². The lowest BCUT2D eigenvalue weighted by Gasteiger charge is -2.28. The Morgan fingerprint density at radius 1 is 1.24 bits per heavy atom. The van der Waals surface area contributed by atoms with Gasteiger partial charge in [-0.1, -0.05) is 38.5 Å². The minimum absolute atomic E-state index is 0.0817. The Morgan fingerprint density at radius 3 is 2.53 bits per heavy atom. The molecule has 17 heavy (non-hydrogen) atoms. The summed E-state index contributed by atoms with van der Waals surface area (Å²) in [6.07, 6.45) is 3.19.